The van der Waals surface area contributed by atoms with Crippen molar-refractivity contribution in [3.8, 4) is 0 Å². The Morgan fingerprint density at radius 1 is 1.09 bits per heavy atom. The SMILES string of the molecule is CO[C@H](CN(C)C(=O)c1ccccc1F)[C@@H](C)CN([C@@H](C)CO)S(=O)(=O)c1ccc(C)cc1. The minimum absolute atomic E-state index is 0.0417. The summed E-state index contributed by atoms with van der Waals surface area (Å²) in [6.07, 6.45) is -0.521. The lowest BCUT2D eigenvalue weighted by atomic mass is 10.0. The molecule has 33 heavy (non-hydrogen) atoms. The van der Waals surface area contributed by atoms with Gasteiger partial charge in [-0.3, -0.25) is 4.79 Å². The molecule has 0 fully saturated rings. The summed E-state index contributed by atoms with van der Waals surface area (Å²) in [6.45, 7) is 5.18. The second kappa shape index (κ2) is 11.7. The molecule has 0 spiro atoms. The van der Waals surface area contributed by atoms with Crippen LogP contribution in [0.4, 0.5) is 4.39 Å². The van der Waals surface area contributed by atoms with E-state index in [-0.39, 0.29) is 36.1 Å². The summed E-state index contributed by atoms with van der Waals surface area (Å²) in [7, 11) is -0.842. The van der Waals surface area contributed by atoms with Crippen molar-refractivity contribution in [2.24, 2.45) is 5.92 Å². The molecular formula is C24H33FN2O5S. The maximum atomic E-state index is 14.0. The third-order valence-electron chi connectivity index (χ3n) is 5.69. The second-order valence-electron chi connectivity index (χ2n) is 8.34. The van der Waals surface area contributed by atoms with E-state index < -0.39 is 33.9 Å². The number of sulfonamides is 1. The summed E-state index contributed by atoms with van der Waals surface area (Å²) in [5.74, 6) is -1.43. The Hall–Kier alpha value is -2.33. The topological polar surface area (TPSA) is 87.2 Å². The van der Waals surface area contributed by atoms with Gasteiger partial charge in [0.25, 0.3) is 5.91 Å². The predicted molar refractivity (Wildman–Crippen MR) is 125 cm³/mol. The van der Waals surface area contributed by atoms with E-state index in [9.17, 15) is 22.7 Å². The Morgan fingerprint density at radius 3 is 2.24 bits per heavy atom. The van der Waals surface area contributed by atoms with Gasteiger partial charge in [0.15, 0.2) is 0 Å². The fourth-order valence-electron chi connectivity index (χ4n) is 3.53. The minimum Gasteiger partial charge on any atom is -0.395 e. The number of hydrogen-bond acceptors (Lipinski definition) is 5. The van der Waals surface area contributed by atoms with E-state index in [2.05, 4.69) is 0 Å². The number of aliphatic hydroxyl groups excluding tert-OH is 1. The van der Waals surface area contributed by atoms with Crippen LogP contribution in [0, 0.1) is 18.7 Å². The van der Waals surface area contributed by atoms with Gasteiger partial charge in [0.2, 0.25) is 10.0 Å². The zero-order chi connectivity index (χ0) is 24.8. The highest BCUT2D eigenvalue weighted by molar-refractivity contribution is 7.89. The number of halogens is 1. The number of benzene rings is 2. The lowest BCUT2D eigenvalue weighted by Crippen LogP contribution is -2.47. The number of likely N-dealkylation sites (N-methyl/N-ethyl adjacent to an activating group) is 1. The molecule has 0 aromatic heterocycles. The van der Waals surface area contributed by atoms with Crippen molar-refractivity contribution in [3.05, 3.63) is 65.5 Å². The Bertz CT molecular complexity index is 1030. The van der Waals surface area contributed by atoms with Gasteiger partial charge in [0.1, 0.15) is 5.82 Å². The summed E-state index contributed by atoms with van der Waals surface area (Å²) in [5.41, 5.74) is 0.895. The zero-order valence-corrected chi connectivity index (χ0v) is 20.5. The van der Waals surface area contributed by atoms with Crippen LogP contribution in [-0.2, 0) is 14.8 Å². The van der Waals surface area contributed by atoms with Crippen LogP contribution in [0.5, 0.6) is 0 Å². The quantitative estimate of drug-likeness (QED) is 0.534. The molecule has 2 aromatic carbocycles. The van der Waals surface area contributed by atoms with Gasteiger partial charge in [-0.15, -0.1) is 0 Å². The Morgan fingerprint density at radius 2 is 1.70 bits per heavy atom. The molecule has 2 aromatic rings. The number of nitrogens with zero attached hydrogens (tertiary/aromatic N) is 2. The van der Waals surface area contributed by atoms with Crippen LogP contribution in [0.2, 0.25) is 0 Å². The van der Waals surface area contributed by atoms with Crippen molar-refractivity contribution in [2.45, 2.75) is 37.8 Å². The van der Waals surface area contributed by atoms with E-state index in [1.54, 1.807) is 44.3 Å². The monoisotopic (exact) mass is 480 g/mol. The van der Waals surface area contributed by atoms with Crippen molar-refractivity contribution in [1.29, 1.82) is 0 Å². The van der Waals surface area contributed by atoms with Crippen molar-refractivity contribution >= 4 is 15.9 Å². The van der Waals surface area contributed by atoms with E-state index in [1.807, 2.05) is 13.8 Å². The molecule has 0 radical (unpaired) electrons. The summed E-state index contributed by atoms with van der Waals surface area (Å²) < 4.78 is 47.5. The van der Waals surface area contributed by atoms with E-state index >= 15 is 0 Å². The largest absolute Gasteiger partial charge is 0.395 e. The van der Waals surface area contributed by atoms with Crippen LogP contribution in [0.25, 0.3) is 0 Å². The van der Waals surface area contributed by atoms with Gasteiger partial charge >= 0.3 is 0 Å². The molecule has 9 heteroatoms. The molecule has 0 saturated carbocycles. The van der Waals surface area contributed by atoms with Crippen LogP contribution in [0.15, 0.2) is 53.4 Å². The van der Waals surface area contributed by atoms with Crippen molar-refractivity contribution in [1.82, 2.24) is 9.21 Å². The summed E-state index contributed by atoms with van der Waals surface area (Å²) >= 11 is 0. The lowest BCUT2D eigenvalue weighted by molar-refractivity contribution is 0.0220. The van der Waals surface area contributed by atoms with Crippen LogP contribution >= 0.6 is 0 Å². The van der Waals surface area contributed by atoms with E-state index in [4.69, 9.17) is 4.74 Å². The molecule has 0 aliphatic heterocycles. The highest BCUT2D eigenvalue weighted by Gasteiger charge is 2.33. The lowest BCUT2D eigenvalue weighted by Gasteiger charge is -2.33. The highest BCUT2D eigenvalue weighted by Crippen LogP contribution is 2.22. The first-order valence-electron chi connectivity index (χ1n) is 10.7. The number of hydrogen-bond donors (Lipinski definition) is 1. The smallest absolute Gasteiger partial charge is 0.256 e. The zero-order valence-electron chi connectivity index (χ0n) is 19.7. The summed E-state index contributed by atoms with van der Waals surface area (Å²) in [6, 6.07) is 11.6. The highest BCUT2D eigenvalue weighted by atomic mass is 32.2. The number of carbonyl (C=O) groups excluding carboxylic acids is 1. The minimum atomic E-state index is -3.87. The van der Waals surface area contributed by atoms with Gasteiger partial charge in [-0.2, -0.15) is 4.31 Å². The molecule has 0 saturated heterocycles. The Balaban J connectivity index is 2.21. The molecule has 0 aliphatic rings. The number of aliphatic hydroxyl groups is 1. The van der Waals surface area contributed by atoms with Gasteiger partial charge in [0.05, 0.1) is 23.2 Å². The van der Waals surface area contributed by atoms with Gasteiger partial charge in [-0.1, -0.05) is 36.8 Å². The fraction of sp³-hybridized carbons (Fsp3) is 0.458. The van der Waals surface area contributed by atoms with Gasteiger partial charge < -0.3 is 14.7 Å². The van der Waals surface area contributed by atoms with Gasteiger partial charge in [-0.05, 0) is 44.0 Å². The number of aryl methyl sites for hydroxylation is 1. The first-order chi connectivity index (χ1) is 15.5. The maximum absolute atomic E-state index is 14.0. The number of rotatable bonds is 11. The van der Waals surface area contributed by atoms with E-state index in [1.165, 1.54) is 34.5 Å². The molecular weight excluding hydrogens is 447 g/mol. The van der Waals surface area contributed by atoms with Crippen LogP contribution in [0.1, 0.15) is 29.8 Å². The molecule has 0 bridgehead atoms. The first-order valence-corrected chi connectivity index (χ1v) is 12.2. The van der Waals surface area contributed by atoms with Crippen molar-refractivity contribution in [2.75, 3.05) is 33.9 Å². The molecule has 3 atom stereocenters. The normalized spacial score (nSPS) is 14.7. The Labute approximate surface area is 195 Å². The van der Waals surface area contributed by atoms with E-state index in [0.717, 1.165) is 5.56 Å². The molecule has 2 rings (SSSR count). The molecule has 0 aliphatic carbocycles. The standard InChI is InChI=1S/C24H33FN2O5S/c1-17-10-12-20(13-11-17)33(30,31)27(19(3)16-28)14-18(2)23(32-5)15-26(4)24(29)21-8-6-7-9-22(21)25/h6-13,18-19,23,28H,14-16H2,1-5H3/t18-,19-,23+/m0/s1. The molecule has 0 unspecified atom stereocenters. The van der Waals surface area contributed by atoms with Crippen LogP contribution < -0.4 is 0 Å². The predicted octanol–water partition coefficient (Wildman–Crippen LogP) is 2.93. The molecule has 1 N–H and O–H groups in total. The molecule has 182 valence electrons. The second-order valence-corrected chi connectivity index (χ2v) is 10.2. The van der Waals surface area contributed by atoms with Crippen molar-refractivity contribution < 1.29 is 27.4 Å². The average Bonchev–Trinajstić information content (AvgIpc) is 2.80. The molecule has 0 heterocycles. The molecule has 7 nitrogen and oxygen atoms in total. The van der Waals surface area contributed by atoms with Crippen LogP contribution in [0.3, 0.4) is 0 Å². The number of ether oxygens (including phenoxy) is 1. The maximum Gasteiger partial charge on any atom is 0.256 e. The molecule has 1 amide bonds. The first kappa shape index (κ1) is 26.9. The summed E-state index contributed by atoms with van der Waals surface area (Å²) in [4.78, 5) is 14.2. The Kier molecular flexibility index (Phi) is 9.54. The summed E-state index contributed by atoms with van der Waals surface area (Å²) in [5, 5.41) is 9.71. The fourth-order valence-corrected chi connectivity index (χ4v) is 5.26. The van der Waals surface area contributed by atoms with Crippen LogP contribution in [-0.4, -0.2) is 74.6 Å². The third-order valence-corrected chi connectivity index (χ3v) is 7.69. The number of methoxy groups -OCH3 is 1. The van der Waals surface area contributed by atoms with Crippen molar-refractivity contribution in [3.63, 3.8) is 0 Å². The van der Waals surface area contributed by atoms with Gasteiger partial charge in [0, 0.05) is 33.3 Å². The average molecular weight is 481 g/mol. The van der Waals surface area contributed by atoms with E-state index in [0.29, 0.717) is 0 Å². The number of amides is 1. The van der Waals surface area contributed by atoms with Gasteiger partial charge in [-0.25, -0.2) is 12.8 Å². The number of carbonyl (C=O) groups is 1. The third kappa shape index (κ3) is 6.60.